The molecule has 0 spiro atoms. The van der Waals surface area contributed by atoms with Crippen LogP contribution < -0.4 is 14.8 Å². The maximum Gasteiger partial charge on any atom is 0.237 e. The van der Waals surface area contributed by atoms with Crippen LogP contribution in [0.1, 0.15) is 50.2 Å². The Hall–Kier alpha value is -2.53. The summed E-state index contributed by atoms with van der Waals surface area (Å²) in [5, 5.41) is 3.22. The molecule has 1 saturated carbocycles. The van der Waals surface area contributed by atoms with Gasteiger partial charge < -0.3 is 14.8 Å². The quantitative estimate of drug-likeness (QED) is 0.659. The van der Waals surface area contributed by atoms with Crippen LogP contribution in [0.15, 0.2) is 48.5 Å². The highest BCUT2D eigenvalue weighted by Crippen LogP contribution is 2.29. The van der Waals surface area contributed by atoms with Crippen molar-refractivity contribution >= 4 is 5.91 Å². The second kappa shape index (κ2) is 11.0. The Kier molecular flexibility index (Phi) is 8.14. The van der Waals surface area contributed by atoms with E-state index in [4.69, 9.17) is 9.47 Å². The third-order valence-electron chi connectivity index (χ3n) is 5.89. The summed E-state index contributed by atoms with van der Waals surface area (Å²) >= 11 is 0. The fraction of sp³-hybridized carbons (Fsp3) is 0.480. The number of methoxy groups -OCH3 is 1. The van der Waals surface area contributed by atoms with Crippen LogP contribution in [-0.2, 0) is 17.9 Å². The summed E-state index contributed by atoms with van der Waals surface area (Å²) in [4.78, 5) is 14.7. The van der Waals surface area contributed by atoms with E-state index in [-0.39, 0.29) is 11.9 Å². The van der Waals surface area contributed by atoms with Gasteiger partial charge in [0.2, 0.25) is 5.91 Å². The van der Waals surface area contributed by atoms with Crippen molar-refractivity contribution in [3.63, 3.8) is 0 Å². The Morgan fingerprint density at radius 2 is 1.80 bits per heavy atom. The first-order valence-electron chi connectivity index (χ1n) is 10.9. The first-order chi connectivity index (χ1) is 14.6. The normalized spacial score (nSPS) is 15.6. The molecule has 1 atom stereocenters. The van der Waals surface area contributed by atoms with E-state index in [1.807, 2.05) is 62.5 Å². The van der Waals surface area contributed by atoms with Gasteiger partial charge in [-0.25, -0.2) is 0 Å². The molecule has 162 valence electrons. The summed E-state index contributed by atoms with van der Waals surface area (Å²) in [6.07, 6.45) is 5.92. The van der Waals surface area contributed by atoms with Gasteiger partial charge in [-0.2, -0.15) is 0 Å². The number of nitrogens with one attached hydrogen (secondary N) is 1. The highest BCUT2D eigenvalue weighted by atomic mass is 16.5. The molecule has 0 unspecified atom stereocenters. The number of nitrogens with zero attached hydrogens (tertiary/aromatic N) is 1. The van der Waals surface area contributed by atoms with Crippen molar-refractivity contribution in [1.82, 2.24) is 10.2 Å². The molecule has 0 bridgehead atoms. The Labute approximate surface area is 180 Å². The van der Waals surface area contributed by atoms with Gasteiger partial charge in [0.25, 0.3) is 0 Å². The zero-order chi connectivity index (χ0) is 21.3. The van der Waals surface area contributed by atoms with E-state index in [9.17, 15) is 4.79 Å². The second-order valence-corrected chi connectivity index (χ2v) is 8.19. The van der Waals surface area contributed by atoms with E-state index in [1.165, 1.54) is 19.3 Å². The molecular weight excluding hydrogens is 376 g/mol. The molecule has 2 aromatic carbocycles. The first-order valence-corrected chi connectivity index (χ1v) is 10.9. The SMILES string of the molecule is COc1cc(CN(C)[C@H](C)C(=O)NC2CCCCC2)ccc1OCc1ccccc1. The van der Waals surface area contributed by atoms with Gasteiger partial charge in [-0.3, -0.25) is 9.69 Å². The molecule has 0 radical (unpaired) electrons. The van der Waals surface area contributed by atoms with E-state index in [0.717, 1.165) is 29.7 Å². The topological polar surface area (TPSA) is 50.8 Å². The molecule has 0 heterocycles. The number of ether oxygens (including phenoxy) is 2. The maximum absolute atomic E-state index is 12.6. The van der Waals surface area contributed by atoms with Gasteiger partial charge in [-0.05, 0) is 50.1 Å². The zero-order valence-corrected chi connectivity index (χ0v) is 18.4. The van der Waals surface area contributed by atoms with E-state index < -0.39 is 0 Å². The fourth-order valence-electron chi connectivity index (χ4n) is 3.86. The molecule has 5 nitrogen and oxygen atoms in total. The molecule has 0 saturated heterocycles. The van der Waals surface area contributed by atoms with Crippen LogP contribution in [0.25, 0.3) is 0 Å². The van der Waals surface area contributed by atoms with E-state index in [2.05, 4.69) is 10.2 Å². The number of amides is 1. The Bertz CT molecular complexity index is 803. The van der Waals surface area contributed by atoms with Gasteiger partial charge >= 0.3 is 0 Å². The molecule has 1 amide bonds. The lowest BCUT2D eigenvalue weighted by atomic mass is 9.95. The molecule has 3 rings (SSSR count). The predicted octanol–water partition coefficient (Wildman–Crippen LogP) is 4.54. The molecule has 5 heteroatoms. The molecule has 1 N–H and O–H groups in total. The predicted molar refractivity (Wildman–Crippen MR) is 120 cm³/mol. The van der Waals surface area contributed by atoms with Gasteiger partial charge in [-0.1, -0.05) is 55.7 Å². The summed E-state index contributed by atoms with van der Waals surface area (Å²) in [6, 6.07) is 16.2. The number of carbonyl (C=O) groups excluding carboxylic acids is 1. The summed E-state index contributed by atoms with van der Waals surface area (Å²) in [5.74, 6) is 1.53. The number of hydrogen-bond acceptors (Lipinski definition) is 4. The molecule has 0 aliphatic heterocycles. The van der Waals surface area contributed by atoms with Gasteiger partial charge in [-0.15, -0.1) is 0 Å². The minimum absolute atomic E-state index is 0.110. The van der Waals surface area contributed by atoms with Crippen LogP contribution in [0.4, 0.5) is 0 Å². The van der Waals surface area contributed by atoms with Crippen LogP contribution in [0.5, 0.6) is 11.5 Å². The maximum atomic E-state index is 12.6. The lowest BCUT2D eigenvalue weighted by Crippen LogP contribution is -2.47. The lowest BCUT2D eigenvalue weighted by Gasteiger charge is -2.28. The monoisotopic (exact) mass is 410 g/mol. The fourth-order valence-corrected chi connectivity index (χ4v) is 3.86. The molecule has 30 heavy (non-hydrogen) atoms. The lowest BCUT2D eigenvalue weighted by molar-refractivity contribution is -0.126. The minimum Gasteiger partial charge on any atom is -0.493 e. The molecule has 2 aromatic rings. The summed E-state index contributed by atoms with van der Waals surface area (Å²) in [7, 11) is 3.63. The molecule has 1 aliphatic rings. The van der Waals surface area contributed by atoms with Crippen molar-refractivity contribution < 1.29 is 14.3 Å². The number of likely N-dealkylation sites (N-methyl/N-ethyl adjacent to an activating group) is 1. The average Bonchev–Trinajstić information content (AvgIpc) is 2.78. The molecule has 1 aliphatic carbocycles. The van der Waals surface area contributed by atoms with Gasteiger partial charge in [0.15, 0.2) is 11.5 Å². The standard InChI is InChI=1S/C25H34N2O3/c1-19(25(28)26-22-12-8-5-9-13-22)27(2)17-21-14-15-23(24(16-21)29-3)30-18-20-10-6-4-7-11-20/h4,6-7,10-11,14-16,19,22H,5,8-9,12-13,17-18H2,1-3H3,(H,26,28)/t19-/m1/s1. The van der Waals surface area contributed by atoms with Crippen LogP contribution in [0, 0.1) is 0 Å². The molecule has 0 aromatic heterocycles. The first kappa shape index (κ1) is 22.2. The molecule has 1 fully saturated rings. The summed E-state index contributed by atoms with van der Waals surface area (Å²) in [5.41, 5.74) is 2.19. The van der Waals surface area contributed by atoms with Crippen molar-refractivity contribution in [2.75, 3.05) is 14.2 Å². The number of hydrogen-bond donors (Lipinski definition) is 1. The zero-order valence-electron chi connectivity index (χ0n) is 18.4. The van der Waals surface area contributed by atoms with Crippen LogP contribution in [-0.4, -0.2) is 37.0 Å². The Morgan fingerprint density at radius 3 is 2.50 bits per heavy atom. The molecular formula is C25H34N2O3. The Balaban J connectivity index is 1.56. The van der Waals surface area contributed by atoms with E-state index in [0.29, 0.717) is 24.9 Å². The summed E-state index contributed by atoms with van der Waals surface area (Å²) in [6.45, 7) is 3.12. The number of rotatable bonds is 9. The van der Waals surface area contributed by atoms with E-state index in [1.54, 1.807) is 7.11 Å². The highest BCUT2D eigenvalue weighted by molar-refractivity contribution is 5.81. The highest BCUT2D eigenvalue weighted by Gasteiger charge is 2.22. The Morgan fingerprint density at radius 1 is 1.07 bits per heavy atom. The van der Waals surface area contributed by atoms with Crippen molar-refractivity contribution in [3.05, 3.63) is 59.7 Å². The third-order valence-corrected chi connectivity index (χ3v) is 5.89. The van der Waals surface area contributed by atoms with E-state index >= 15 is 0 Å². The minimum atomic E-state index is -0.188. The van der Waals surface area contributed by atoms with Gasteiger partial charge in [0.05, 0.1) is 13.2 Å². The van der Waals surface area contributed by atoms with Crippen molar-refractivity contribution in [3.8, 4) is 11.5 Å². The van der Waals surface area contributed by atoms with Gasteiger partial charge in [0, 0.05) is 12.6 Å². The summed E-state index contributed by atoms with van der Waals surface area (Å²) < 4.78 is 11.5. The van der Waals surface area contributed by atoms with Crippen molar-refractivity contribution in [1.29, 1.82) is 0 Å². The average molecular weight is 411 g/mol. The van der Waals surface area contributed by atoms with Crippen molar-refractivity contribution in [2.24, 2.45) is 0 Å². The third kappa shape index (κ3) is 6.23. The van der Waals surface area contributed by atoms with Crippen LogP contribution >= 0.6 is 0 Å². The van der Waals surface area contributed by atoms with Crippen LogP contribution in [0.3, 0.4) is 0 Å². The second-order valence-electron chi connectivity index (χ2n) is 8.19. The van der Waals surface area contributed by atoms with Gasteiger partial charge in [0.1, 0.15) is 6.61 Å². The smallest absolute Gasteiger partial charge is 0.237 e. The van der Waals surface area contributed by atoms with Crippen molar-refractivity contribution in [2.45, 2.75) is 64.3 Å². The van der Waals surface area contributed by atoms with Crippen LogP contribution in [0.2, 0.25) is 0 Å². The number of carbonyl (C=O) groups is 1. The number of benzene rings is 2. The largest absolute Gasteiger partial charge is 0.493 e.